The molecule has 0 unspecified atom stereocenters. The molecule has 26 heavy (non-hydrogen) atoms. The highest BCUT2D eigenvalue weighted by atomic mass is 16.3. The molecule has 0 aliphatic heterocycles. The van der Waals surface area contributed by atoms with E-state index in [1.165, 1.54) is 0 Å². The summed E-state index contributed by atoms with van der Waals surface area (Å²) in [4.78, 5) is 16.6. The van der Waals surface area contributed by atoms with Gasteiger partial charge in [0.25, 0.3) is 0 Å². The Hall–Kier alpha value is -3.60. The fourth-order valence-electron chi connectivity index (χ4n) is 2.62. The van der Waals surface area contributed by atoms with Gasteiger partial charge in [-0.2, -0.15) is 0 Å². The highest BCUT2D eigenvalue weighted by Gasteiger charge is 2.08. The number of hydrogen-bond donors (Lipinski definition) is 2. The van der Waals surface area contributed by atoms with Gasteiger partial charge in [0.05, 0.1) is 0 Å². The van der Waals surface area contributed by atoms with Gasteiger partial charge in [-0.15, -0.1) is 0 Å². The Bertz CT molecular complexity index is 1020. The van der Waals surface area contributed by atoms with E-state index in [4.69, 9.17) is 4.42 Å². The number of aromatic nitrogens is 1. The summed E-state index contributed by atoms with van der Waals surface area (Å²) >= 11 is 0. The van der Waals surface area contributed by atoms with Crippen LogP contribution in [0.15, 0.2) is 77.2 Å². The highest BCUT2D eigenvalue weighted by Crippen LogP contribution is 2.25. The molecule has 0 aliphatic carbocycles. The fourth-order valence-corrected chi connectivity index (χ4v) is 2.62. The van der Waals surface area contributed by atoms with Crippen LogP contribution in [0.5, 0.6) is 0 Å². The van der Waals surface area contributed by atoms with Crippen LogP contribution >= 0.6 is 0 Å². The number of urea groups is 1. The Morgan fingerprint density at radius 1 is 0.846 bits per heavy atom. The normalized spacial score (nSPS) is 10.7. The average Bonchev–Trinajstić information content (AvgIpc) is 3.08. The first kappa shape index (κ1) is 15.9. The van der Waals surface area contributed by atoms with Crippen molar-refractivity contribution >= 4 is 28.5 Å². The van der Waals surface area contributed by atoms with Gasteiger partial charge in [-0.1, -0.05) is 29.8 Å². The quantitative estimate of drug-likeness (QED) is 0.520. The van der Waals surface area contributed by atoms with Crippen molar-refractivity contribution in [3.63, 3.8) is 0 Å². The summed E-state index contributed by atoms with van der Waals surface area (Å²) in [5.74, 6) is 0.557. The number of aryl methyl sites for hydroxylation is 1. The van der Waals surface area contributed by atoms with E-state index in [9.17, 15) is 4.79 Å². The molecule has 0 fully saturated rings. The Morgan fingerprint density at radius 3 is 2.12 bits per heavy atom. The second-order valence-corrected chi connectivity index (χ2v) is 6.01. The number of fused-ring (bicyclic) bond motifs is 1. The molecule has 2 amide bonds. The minimum absolute atomic E-state index is 0.288. The minimum atomic E-state index is -0.288. The average molecular weight is 343 g/mol. The maximum atomic E-state index is 12.1. The van der Waals surface area contributed by atoms with Crippen molar-refractivity contribution in [3.05, 3.63) is 78.4 Å². The molecular weight excluding hydrogens is 326 g/mol. The predicted molar refractivity (Wildman–Crippen MR) is 103 cm³/mol. The standard InChI is InChI=1S/C21H17N3O2/c1-14-6-10-16(11-7-14)22-21(25)23-17-12-8-15(9-13-17)20-24-18-4-2-3-5-19(18)26-20/h2-13H,1H3,(H2,22,23,25). The first-order chi connectivity index (χ1) is 12.7. The number of carbonyl (C=O) groups is 1. The monoisotopic (exact) mass is 343 g/mol. The molecule has 0 bridgehead atoms. The van der Waals surface area contributed by atoms with Gasteiger partial charge in [-0.3, -0.25) is 0 Å². The van der Waals surface area contributed by atoms with Crippen LogP contribution in [0.3, 0.4) is 0 Å². The zero-order chi connectivity index (χ0) is 17.9. The van der Waals surface area contributed by atoms with Crippen molar-refractivity contribution < 1.29 is 9.21 Å². The van der Waals surface area contributed by atoms with E-state index in [0.29, 0.717) is 11.6 Å². The number of nitrogens with one attached hydrogen (secondary N) is 2. The molecular formula is C21H17N3O2. The number of carbonyl (C=O) groups excluding carboxylic acids is 1. The van der Waals surface area contributed by atoms with Crippen LogP contribution in [0.2, 0.25) is 0 Å². The van der Waals surface area contributed by atoms with Crippen molar-refractivity contribution in [2.75, 3.05) is 10.6 Å². The topological polar surface area (TPSA) is 67.2 Å². The van der Waals surface area contributed by atoms with Crippen LogP contribution in [-0.4, -0.2) is 11.0 Å². The lowest BCUT2D eigenvalue weighted by Crippen LogP contribution is -2.19. The third-order valence-corrected chi connectivity index (χ3v) is 3.99. The van der Waals surface area contributed by atoms with Gasteiger partial charge in [0.15, 0.2) is 5.58 Å². The van der Waals surface area contributed by atoms with Crippen LogP contribution in [-0.2, 0) is 0 Å². The van der Waals surface area contributed by atoms with Crippen LogP contribution < -0.4 is 10.6 Å². The maximum Gasteiger partial charge on any atom is 0.323 e. The molecule has 0 atom stereocenters. The maximum absolute atomic E-state index is 12.1. The van der Waals surface area contributed by atoms with Crippen molar-refractivity contribution in [3.8, 4) is 11.5 Å². The number of nitrogens with zero attached hydrogens (tertiary/aromatic N) is 1. The molecule has 0 spiro atoms. The number of benzene rings is 3. The Kier molecular flexibility index (Phi) is 4.11. The van der Waals surface area contributed by atoms with E-state index in [0.717, 1.165) is 27.9 Å². The second-order valence-electron chi connectivity index (χ2n) is 6.01. The molecule has 0 saturated heterocycles. The molecule has 3 aromatic carbocycles. The SMILES string of the molecule is Cc1ccc(NC(=O)Nc2ccc(-c3nc4ccccc4o3)cc2)cc1. The summed E-state index contributed by atoms with van der Waals surface area (Å²) in [5.41, 5.74) is 5.01. The smallest absolute Gasteiger partial charge is 0.323 e. The second kappa shape index (κ2) is 6.72. The molecule has 128 valence electrons. The van der Waals surface area contributed by atoms with Crippen molar-refractivity contribution in [1.29, 1.82) is 0 Å². The lowest BCUT2D eigenvalue weighted by Gasteiger charge is -2.08. The van der Waals surface area contributed by atoms with E-state index >= 15 is 0 Å². The summed E-state index contributed by atoms with van der Waals surface area (Å²) in [5, 5.41) is 5.61. The van der Waals surface area contributed by atoms with Gasteiger partial charge in [0.2, 0.25) is 5.89 Å². The summed E-state index contributed by atoms with van der Waals surface area (Å²) in [6.07, 6.45) is 0. The number of oxazole rings is 1. The largest absolute Gasteiger partial charge is 0.436 e. The van der Waals surface area contributed by atoms with Crippen LogP contribution in [0.4, 0.5) is 16.2 Å². The lowest BCUT2D eigenvalue weighted by atomic mass is 10.2. The molecule has 0 radical (unpaired) electrons. The molecule has 5 nitrogen and oxygen atoms in total. The van der Waals surface area contributed by atoms with Gasteiger partial charge < -0.3 is 15.1 Å². The molecule has 4 rings (SSSR count). The van der Waals surface area contributed by atoms with E-state index in [1.807, 2.05) is 79.7 Å². The first-order valence-corrected chi connectivity index (χ1v) is 8.28. The molecule has 0 saturated carbocycles. The zero-order valence-corrected chi connectivity index (χ0v) is 14.2. The summed E-state index contributed by atoms with van der Waals surface area (Å²) in [6.45, 7) is 2.00. The Labute approximate surface area is 150 Å². The molecule has 0 aliphatic rings. The van der Waals surface area contributed by atoms with E-state index < -0.39 is 0 Å². The number of hydrogen-bond acceptors (Lipinski definition) is 3. The highest BCUT2D eigenvalue weighted by molar-refractivity contribution is 5.99. The zero-order valence-electron chi connectivity index (χ0n) is 14.2. The summed E-state index contributed by atoms with van der Waals surface area (Å²) < 4.78 is 5.75. The first-order valence-electron chi connectivity index (χ1n) is 8.28. The van der Waals surface area contributed by atoms with Crippen LogP contribution in [0.1, 0.15) is 5.56 Å². The Balaban J connectivity index is 1.45. The molecule has 2 N–H and O–H groups in total. The van der Waals surface area contributed by atoms with Gasteiger partial charge in [0, 0.05) is 16.9 Å². The molecule has 5 heteroatoms. The van der Waals surface area contributed by atoms with Crippen LogP contribution in [0, 0.1) is 6.92 Å². The van der Waals surface area contributed by atoms with Crippen LogP contribution in [0.25, 0.3) is 22.6 Å². The number of para-hydroxylation sites is 2. The van der Waals surface area contributed by atoms with Gasteiger partial charge in [0.1, 0.15) is 5.52 Å². The summed E-state index contributed by atoms with van der Waals surface area (Å²) in [7, 11) is 0. The molecule has 1 aromatic heterocycles. The van der Waals surface area contributed by atoms with E-state index in [1.54, 1.807) is 0 Å². The number of anilines is 2. The van der Waals surface area contributed by atoms with Crippen molar-refractivity contribution in [2.45, 2.75) is 6.92 Å². The third kappa shape index (κ3) is 3.42. The minimum Gasteiger partial charge on any atom is -0.436 e. The lowest BCUT2D eigenvalue weighted by molar-refractivity contribution is 0.262. The van der Waals surface area contributed by atoms with Gasteiger partial charge in [-0.05, 0) is 55.5 Å². The van der Waals surface area contributed by atoms with E-state index in [2.05, 4.69) is 15.6 Å². The molecule has 4 aromatic rings. The molecule has 1 heterocycles. The summed E-state index contributed by atoms with van der Waals surface area (Å²) in [6, 6.07) is 22.3. The van der Waals surface area contributed by atoms with Crippen molar-refractivity contribution in [1.82, 2.24) is 4.98 Å². The number of rotatable bonds is 3. The number of amides is 2. The van der Waals surface area contributed by atoms with Crippen molar-refractivity contribution in [2.24, 2.45) is 0 Å². The predicted octanol–water partition coefficient (Wildman–Crippen LogP) is 5.45. The van der Waals surface area contributed by atoms with Gasteiger partial charge in [-0.25, -0.2) is 9.78 Å². The third-order valence-electron chi connectivity index (χ3n) is 3.99. The van der Waals surface area contributed by atoms with E-state index in [-0.39, 0.29) is 6.03 Å². The Morgan fingerprint density at radius 2 is 1.46 bits per heavy atom. The fraction of sp³-hybridized carbons (Fsp3) is 0.0476. The van der Waals surface area contributed by atoms with Gasteiger partial charge >= 0.3 is 6.03 Å².